The van der Waals surface area contributed by atoms with Gasteiger partial charge in [0.2, 0.25) is 0 Å². The molecule has 1 aliphatic carbocycles. The quantitative estimate of drug-likeness (QED) is 0.859. The lowest BCUT2D eigenvalue weighted by atomic mass is 9.75. The van der Waals surface area contributed by atoms with Crippen LogP contribution < -0.4 is 5.32 Å². The monoisotopic (exact) mass is 281 g/mol. The van der Waals surface area contributed by atoms with E-state index in [0.29, 0.717) is 0 Å². The molecule has 2 heteroatoms. The minimum Gasteiger partial charge on any atom is -0.310 e. The number of rotatable bonds is 2. The third kappa shape index (κ3) is 2.18. The number of hydrogen-bond acceptors (Lipinski definition) is 1. The van der Waals surface area contributed by atoms with Crippen molar-refractivity contribution in [3.05, 3.63) is 33.8 Å². The zero-order chi connectivity index (χ0) is 11.6. The first-order valence-electron chi connectivity index (χ1n) is 6.13. The maximum atomic E-state index is 3.58. The van der Waals surface area contributed by atoms with E-state index < -0.39 is 0 Å². The van der Waals surface area contributed by atoms with E-state index in [1.807, 2.05) is 0 Å². The van der Waals surface area contributed by atoms with Crippen LogP contribution in [-0.4, -0.2) is 7.05 Å². The van der Waals surface area contributed by atoms with Gasteiger partial charge in [0.15, 0.2) is 0 Å². The second-order valence-electron chi connectivity index (χ2n) is 4.85. The minimum atomic E-state index is 0.225. The lowest BCUT2D eigenvalue weighted by Gasteiger charge is -2.38. The first-order valence-corrected chi connectivity index (χ1v) is 6.93. The van der Waals surface area contributed by atoms with Gasteiger partial charge in [-0.1, -0.05) is 41.3 Å². The van der Waals surface area contributed by atoms with Crippen LogP contribution in [0, 0.1) is 6.92 Å². The van der Waals surface area contributed by atoms with Crippen molar-refractivity contribution in [2.75, 3.05) is 7.05 Å². The zero-order valence-electron chi connectivity index (χ0n) is 10.1. The highest BCUT2D eigenvalue weighted by atomic mass is 79.9. The molecule has 0 amide bonds. The summed E-state index contributed by atoms with van der Waals surface area (Å²) in [5.41, 5.74) is 3.10. The van der Waals surface area contributed by atoms with E-state index in [-0.39, 0.29) is 5.54 Å². The molecule has 0 heterocycles. The van der Waals surface area contributed by atoms with Gasteiger partial charge in [-0.15, -0.1) is 0 Å². The normalized spacial score (nSPS) is 19.7. The van der Waals surface area contributed by atoms with Crippen LogP contribution in [0.1, 0.15) is 43.2 Å². The molecule has 0 aromatic heterocycles. The van der Waals surface area contributed by atoms with Gasteiger partial charge in [0.25, 0.3) is 0 Å². The van der Waals surface area contributed by atoms with Gasteiger partial charge in [0.05, 0.1) is 0 Å². The molecule has 1 N–H and O–H groups in total. The van der Waals surface area contributed by atoms with Crippen molar-refractivity contribution in [3.63, 3.8) is 0 Å². The summed E-state index contributed by atoms with van der Waals surface area (Å²) < 4.78 is 1.18. The van der Waals surface area contributed by atoms with E-state index in [0.717, 1.165) is 0 Å². The molecule has 1 aliphatic rings. The molecule has 0 aliphatic heterocycles. The summed E-state index contributed by atoms with van der Waals surface area (Å²) in [6.45, 7) is 2.22. The van der Waals surface area contributed by atoms with Crippen molar-refractivity contribution in [2.45, 2.75) is 44.6 Å². The molecule has 88 valence electrons. The summed E-state index contributed by atoms with van der Waals surface area (Å²) in [4.78, 5) is 0. The lowest BCUT2D eigenvalue weighted by molar-refractivity contribution is 0.249. The third-order valence-corrected chi connectivity index (χ3v) is 4.38. The van der Waals surface area contributed by atoms with E-state index in [9.17, 15) is 0 Å². The molecule has 1 aromatic rings. The van der Waals surface area contributed by atoms with Crippen LogP contribution in [-0.2, 0) is 5.54 Å². The molecule has 0 spiro atoms. The molecule has 0 saturated heterocycles. The van der Waals surface area contributed by atoms with Gasteiger partial charge in [0, 0.05) is 10.0 Å². The molecule has 1 aromatic carbocycles. The highest BCUT2D eigenvalue weighted by molar-refractivity contribution is 9.10. The summed E-state index contributed by atoms with van der Waals surface area (Å²) in [7, 11) is 2.10. The van der Waals surface area contributed by atoms with E-state index in [4.69, 9.17) is 0 Å². The Balaban J connectivity index is 2.39. The molecular weight excluding hydrogens is 262 g/mol. The van der Waals surface area contributed by atoms with Crippen LogP contribution in [0.5, 0.6) is 0 Å². The fraction of sp³-hybridized carbons (Fsp3) is 0.571. The molecule has 1 fully saturated rings. The van der Waals surface area contributed by atoms with Gasteiger partial charge in [-0.3, -0.25) is 0 Å². The molecule has 1 saturated carbocycles. The molecule has 16 heavy (non-hydrogen) atoms. The molecule has 2 rings (SSSR count). The molecule has 1 nitrogen and oxygen atoms in total. The third-order valence-electron chi connectivity index (χ3n) is 3.89. The average Bonchev–Trinajstić information content (AvgIpc) is 2.30. The van der Waals surface area contributed by atoms with Crippen molar-refractivity contribution in [1.82, 2.24) is 5.32 Å². The van der Waals surface area contributed by atoms with Crippen molar-refractivity contribution in [1.29, 1.82) is 0 Å². The van der Waals surface area contributed by atoms with Crippen molar-refractivity contribution < 1.29 is 0 Å². The Morgan fingerprint density at radius 2 is 1.88 bits per heavy atom. The predicted molar refractivity (Wildman–Crippen MR) is 72.7 cm³/mol. The van der Waals surface area contributed by atoms with Gasteiger partial charge in [-0.2, -0.15) is 0 Å². The van der Waals surface area contributed by atoms with E-state index in [2.05, 4.69) is 53.4 Å². The summed E-state index contributed by atoms with van der Waals surface area (Å²) in [6, 6.07) is 6.67. The Morgan fingerprint density at radius 1 is 1.19 bits per heavy atom. The van der Waals surface area contributed by atoms with Crippen LogP contribution in [0.4, 0.5) is 0 Å². The van der Waals surface area contributed by atoms with Crippen molar-refractivity contribution >= 4 is 15.9 Å². The van der Waals surface area contributed by atoms with Crippen LogP contribution in [0.25, 0.3) is 0 Å². The van der Waals surface area contributed by atoms with E-state index >= 15 is 0 Å². The summed E-state index contributed by atoms with van der Waals surface area (Å²) in [5, 5.41) is 3.58. The summed E-state index contributed by atoms with van der Waals surface area (Å²) in [6.07, 6.45) is 6.61. The van der Waals surface area contributed by atoms with Crippen molar-refractivity contribution in [2.24, 2.45) is 0 Å². The highest BCUT2D eigenvalue weighted by Crippen LogP contribution is 2.38. The van der Waals surface area contributed by atoms with Gasteiger partial charge >= 0.3 is 0 Å². The Bertz CT molecular complexity index is 367. The van der Waals surface area contributed by atoms with Gasteiger partial charge in [-0.25, -0.2) is 0 Å². The Kier molecular flexibility index (Phi) is 3.70. The first-order chi connectivity index (χ1) is 7.68. The Labute approximate surface area is 107 Å². The summed E-state index contributed by atoms with van der Waals surface area (Å²) >= 11 is 3.54. The number of nitrogens with one attached hydrogen (secondary N) is 1. The largest absolute Gasteiger partial charge is 0.310 e. The SMILES string of the molecule is CNC1(c2ccc(Br)cc2C)CCCCC1. The maximum Gasteiger partial charge on any atom is 0.0434 e. The standard InChI is InChI=1S/C14H20BrN/c1-11-10-12(15)6-7-13(11)14(16-2)8-4-3-5-9-14/h6-7,10,16H,3-5,8-9H2,1-2H3. The first kappa shape index (κ1) is 12.1. The molecule has 0 unspecified atom stereocenters. The zero-order valence-corrected chi connectivity index (χ0v) is 11.7. The predicted octanol–water partition coefficient (Wildman–Crippen LogP) is 4.14. The topological polar surface area (TPSA) is 12.0 Å². The Morgan fingerprint density at radius 3 is 2.44 bits per heavy atom. The van der Waals surface area contributed by atoms with Crippen LogP contribution in [0.3, 0.4) is 0 Å². The maximum absolute atomic E-state index is 3.58. The minimum absolute atomic E-state index is 0.225. The van der Waals surface area contributed by atoms with Gasteiger partial charge < -0.3 is 5.32 Å². The average molecular weight is 282 g/mol. The van der Waals surface area contributed by atoms with Crippen LogP contribution in [0.15, 0.2) is 22.7 Å². The number of aryl methyl sites for hydroxylation is 1. The number of benzene rings is 1. The number of hydrogen-bond donors (Lipinski definition) is 1. The molecular formula is C14H20BrN. The van der Waals surface area contributed by atoms with E-state index in [1.165, 1.54) is 47.7 Å². The smallest absolute Gasteiger partial charge is 0.0434 e. The van der Waals surface area contributed by atoms with E-state index in [1.54, 1.807) is 0 Å². The van der Waals surface area contributed by atoms with Crippen LogP contribution in [0.2, 0.25) is 0 Å². The number of halogens is 1. The molecule has 0 bridgehead atoms. The van der Waals surface area contributed by atoms with Crippen molar-refractivity contribution in [3.8, 4) is 0 Å². The fourth-order valence-electron chi connectivity index (χ4n) is 2.97. The molecule has 0 radical (unpaired) electrons. The highest BCUT2D eigenvalue weighted by Gasteiger charge is 2.32. The molecule has 0 atom stereocenters. The fourth-order valence-corrected chi connectivity index (χ4v) is 3.45. The van der Waals surface area contributed by atoms with Gasteiger partial charge in [-0.05, 0) is 50.1 Å². The van der Waals surface area contributed by atoms with Crippen LogP contribution >= 0.6 is 15.9 Å². The second-order valence-corrected chi connectivity index (χ2v) is 5.77. The van der Waals surface area contributed by atoms with Gasteiger partial charge in [0.1, 0.15) is 0 Å². The lowest BCUT2D eigenvalue weighted by Crippen LogP contribution is -2.42. The summed E-state index contributed by atoms with van der Waals surface area (Å²) in [5.74, 6) is 0. The second kappa shape index (κ2) is 4.89. The Hall–Kier alpha value is -0.340.